The van der Waals surface area contributed by atoms with Gasteiger partial charge in [0.2, 0.25) is 5.91 Å². The van der Waals surface area contributed by atoms with Crippen molar-refractivity contribution in [1.29, 1.82) is 0 Å². The average molecular weight is 213 g/mol. The monoisotopic (exact) mass is 213 g/mol. The highest BCUT2D eigenvalue weighted by molar-refractivity contribution is 5.79. The Kier molecular flexibility index (Phi) is 5.05. The maximum atomic E-state index is 11.8. The van der Waals surface area contributed by atoms with Crippen molar-refractivity contribution in [3.05, 3.63) is 0 Å². The molecule has 15 heavy (non-hydrogen) atoms. The third kappa shape index (κ3) is 3.80. The molecule has 1 rings (SSSR count). The molecule has 1 aliphatic rings. The van der Waals surface area contributed by atoms with E-state index in [0.29, 0.717) is 12.6 Å². The van der Waals surface area contributed by atoms with Crippen LogP contribution in [0.3, 0.4) is 0 Å². The lowest BCUT2D eigenvalue weighted by Crippen LogP contribution is -2.52. The molecular weight excluding hydrogens is 190 g/mol. The zero-order chi connectivity index (χ0) is 11.3. The summed E-state index contributed by atoms with van der Waals surface area (Å²) in [6, 6.07) is 0.480. The molecule has 0 spiro atoms. The number of piperazine rings is 1. The molecule has 1 amide bonds. The van der Waals surface area contributed by atoms with Crippen LogP contribution in [0, 0.1) is 0 Å². The molecule has 4 heteroatoms. The first kappa shape index (κ1) is 12.5. The minimum Gasteiger partial charge on any atom is -0.340 e. The second-order valence-corrected chi connectivity index (χ2v) is 4.40. The number of hydrogen-bond donors (Lipinski definition) is 1. The molecule has 0 bridgehead atoms. The molecule has 1 fully saturated rings. The van der Waals surface area contributed by atoms with Crippen molar-refractivity contribution in [3.8, 4) is 0 Å². The molecule has 0 atom stereocenters. The van der Waals surface area contributed by atoms with Crippen molar-refractivity contribution in [3.63, 3.8) is 0 Å². The Balaban J connectivity index is 2.29. The number of nitrogens with zero attached hydrogens (tertiary/aromatic N) is 2. The maximum absolute atomic E-state index is 11.8. The molecule has 4 nitrogen and oxygen atoms in total. The first-order valence-corrected chi connectivity index (χ1v) is 5.81. The van der Waals surface area contributed by atoms with Gasteiger partial charge in [-0.15, -0.1) is 0 Å². The van der Waals surface area contributed by atoms with Crippen molar-refractivity contribution in [2.45, 2.75) is 26.3 Å². The van der Waals surface area contributed by atoms with Gasteiger partial charge >= 0.3 is 0 Å². The highest BCUT2D eigenvalue weighted by Gasteiger charge is 2.24. The van der Waals surface area contributed by atoms with Gasteiger partial charge in [-0.1, -0.05) is 0 Å². The molecule has 88 valence electrons. The normalized spacial score (nSPS) is 18.9. The fraction of sp³-hybridized carbons (Fsp3) is 0.909. The number of rotatable bonds is 5. The lowest BCUT2D eigenvalue weighted by molar-refractivity contribution is -0.136. The number of amides is 1. The van der Waals surface area contributed by atoms with E-state index in [9.17, 15) is 4.79 Å². The third-order valence-electron chi connectivity index (χ3n) is 2.93. The second-order valence-electron chi connectivity index (χ2n) is 4.40. The molecule has 1 N–H and O–H groups in total. The second kappa shape index (κ2) is 6.08. The standard InChI is InChI=1S/C11H23N3O/c1-10(2)14-8-7-13(11(15)9-14)6-4-5-12-3/h10,12H,4-9H2,1-3H3. The van der Waals surface area contributed by atoms with Crippen LogP contribution in [0.5, 0.6) is 0 Å². The fourth-order valence-corrected chi connectivity index (χ4v) is 1.85. The van der Waals surface area contributed by atoms with Crippen LogP contribution in [0.15, 0.2) is 0 Å². The summed E-state index contributed by atoms with van der Waals surface area (Å²) in [7, 11) is 1.94. The minimum absolute atomic E-state index is 0.283. The smallest absolute Gasteiger partial charge is 0.236 e. The van der Waals surface area contributed by atoms with Gasteiger partial charge in [-0.2, -0.15) is 0 Å². The summed E-state index contributed by atoms with van der Waals surface area (Å²) in [5.41, 5.74) is 0. The summed E-state index contributed by atoms with van der Waals surface area (Å²) < 4.78 is 0. The van der Waals surface area contributed by atoms with E-state index in [0.717, 1.165) is 32.6 Å². The van der Waals surface area contributed by atoms with Crippen LogP contribution in [0.25, 0.3) is 0 Å². The molecule has 0 saturated carbocycles. The van der Waals surface area contributed by atoms with Gasteiger partial charge in [-0.25, -0.2) is 0 Å². The van der Waals surface area contributed by atoms with Gasteiger partial charge in [-0.3, -0.25) is 9.69 Å². The highest BCUT2D eigenvalue weighted by Crippen LogP contribution is 2.07. The first-order chi connectivity index (χ1) is 7.15. The summed E-state index contributed by atoms with van der Waals surface area (Å²) >= 11 is 0. The predicted molar refractivity (Wildman–Crippen MR) is 61.8 cm³/mol. The lowest BCUT2D eigenvalue weighted by Gasteiger charge is -2.36. The maximum Gasteiger partial charge on any atom is 0.236 e. The minimum atomic E-state index is 0.283. The summed E-state index contributed by atoms with van der Waals surface area (Å²) in [5.74, 6) is 0.283. The molecule has 0 aliphatic carbocycles. The van der Waals surface area contributed by atoms with E-state index in [2.05, 4.69) is 24.1 Å². The van der Waals surface area contributed by atoms with Crippen molar-refractivity contribution < 1.29 is 4.79 Å². The summed E-state index contributed by atoms with van der Waals surface area (Å²) in [6.07, 6.45) is 1.05. The van der Waals surface area contributed by atoms with E-state index in [1.54, 1.807) is 0 Å². The zero-order valence-corrected chi connectivity index (χ0v) is 10.1. The SMILES string of the molecule is CNCCCN1CCN(C(C)C)CC1=O. The van der Waals surface area contributed by atoms with Gasteiger partial charge < -0.3 is 10.2 Å². The molecule has 1 saturated heterocycles. The van der Waals surface area contributed by atoms with Crippen LogP contribution in [0.1, 0.15) is 20.3 Å². The van der Waals surface area contributed by atoms with Gasteiger partial charge in [0.1, 0.15) is 0 Å². The Morgan fingerprint density at radius 1 is 1.40 bits per heavy atom. The Labute approximate surface area is 92.6 Å². The number of nitrogens with one attached hydrogen (secondary N) is 1. The number of hydrogen-bond acceptors (Lipinski definition) is 3. The van der Waals surface area contributed by atoms with Crippen LogP contribution in [0.2, 0.25) is 0 Å². The van der Waals surface area contributed by atoms with Crippen LogP contribution < -0.4 is 5.32 Å². The van der Waals surface area contributed by atoms with Gasteiger partial charge in [-0.05, 0) is 33.9 Å². The molecule has 0 aromatic heterocycles. The first-order valence-electron chi connectivity index (χ1n) is 5.81. The largest absolute Gasteiger partial charge is 0.340 e. The molecule has 0 radical (unpaired) electrons. The van der Waals surface area contributed by atoms with E-state index in [-0.39, 0.29) is 5.91 Å². The van der Waals surface area contributed by atoms with Gasteiger partial charge in [0, 0.05) is 25.7 Å². The Morgan fingerprint density at radius 3 is 2.67 bits per heavy atom. The number of carbonyl (C=O) groups is 1. The van der Waals surface area contributed by atoms with E-state index >= 15 is 0 Å². The quantitative estimate of drug-likeness (QED) is 0.660. The van der Waals surface area contributed by atoms with E-state index in [4.69, 9.17) is 0 Å². The lowest BCUT2D eigenvalue weighted by atomic mass is 10.2. The number of carbonyl (C=O) groups excluding carboxylic acids is 1. The molecule has 0 aromatic carbocycles. The molecule has 0 aromatic rings. The summed E-state index contributed by atoms with van der Waals surface area (Å²) in [4.78, 5) is 16.0. The highest BCUT2D eigenvalue weighted by atomic mass is 16.2. The van der Waals surface area contributed by atoms with Crippen LogP contribution in [-0.2, 0) is 4.79 Å². The topological polar surface area (TPSA) is 35.6 Å². The van der Waals surface area contributed by atoms with Crippen molar-refractivity contribution in [2.24, 2.45) is 0 Å². The van der Waals surface area contributed by atoms with E-state index < -0.39 is 0 Å². The van der Waals surface area contributed by atoms with Crippen LogP contribution in [-0.4, -0.2) is 61.5 Å². The Hall–Kier alpha value is -0.610. The summed E-state index contributed by atoms with van der Waals surface area (Å²) in [5, 5.41) is 3.10. The average Bonchev–Trinajstić information content (AvgIpc) is 2.20. The van der Waals surface area contributed by atoms with Crippen LogP contribution in [0.4, 0.5) is 0 Å². The third-order valence-corrected chi connectivity index (χ3v) is 2.93. The predicted octanol–water partition coefficient (Wildman–Crippen LogP) is 0.149. The Morgan fingerprint density at radius 2 is 2.13 bits per heavy atom. The fourth-order valence-electron chi connectivity index (χ4n) is 1.85. The van der Waals surface area contributed by atoms with Gasteiger partial charge in [0.15, 0.2) is 0 Å². The van der Waals surface area contributed by atoms with Crippen molar-refractivity contribution in [1.82, 2.24) is 15.1 Å². The molecule has 1 aliphatic heterocycles. The van der Waals surface area contributed by atoms with Gasteiger partial charge in [0.05, 0.1) is 6.54 Å². The molecule has 1 heterocycles. The zero-order valence-electron chi connectivity index (χ0n) is 10.1. The molecular formula is C11H23N3O. The van der Waals surface area contributed by atoms with E-state index in [1.807, 2.05) is 11.9 Å². The van der Waals surface area contributed by atoms with Crippen molar-refractivity contribution in [2.75, 3.05) is 39.8 Å². The van der Waals surface area contributed by atoms with Gasteiger partial charge in [0.25, 0.3) is 0 Å². The molecule has 0 unspecified atom stereocenters. The van der Waals surface area contributed by atoms with Crippen LogP contribution >= 0.6 is 0 Å². The Bertz CT molecular complexity index is 206. The van der Waals surface area contributed by atoms with Crippen molar-refractivity contribution >= 4 is 5.91 Å². The van der Waals surface area contributed by atoms with E-state index in [1.165, 1.54) is 0 Å². The summed E-state index contributed by atoms with van der Waals surface area (Å²) in [6.45, 7) is 8.66.